The van der Waals surface area contributed by atoms with E-state index in [0.29, 0.717) is 5.56 Å². The molecule has 142 valence electrons. The number of alkyl halides is 2. The Kier molecular flexibility index (Phi) is 4.84. The molecule has 2 aromatic carbocycles. The third-order valence-corrected chi connectivity index (χ3v) is 5.54. The largest absolute Gasteiger partial charge is 0.346 e. The summed E-state index contributed by atoms with van der Waals surface area (Å²) in [4.78, 5) is 14.3. The Morgan fingerprint density at radius 1 is 1.22 bits per heavy atom. The maximum absolute atomic E-state index is 13.6. The molecule has 0 bridgehead atoms. The number of benzene rings is 2. The smallest absolute Gasteiger partial charge is 0.270 e. The lowest BCUT2D eigenvalue weighted by Crippen LogP contribution is -2.62. The van der Waals surface area contributed by atoms with E-state index in [1.54, 1.807) is 12.1 Å². The second kappa shape index (κ2) is 6.71. The van der Waals surface area contributed by atoms with Gasteiger partial charge in [-0.1, -0.05) is 52.3 Å². The van der Waals surface area contributed by atoms with Crippen molar-refractivity contribution in [2.75, 3.05) is 7.05 Å². The molecule has 4 nitrogen and oxygen atoms in total. The molecule has 7 heteroatoms. The van der Waals surface area contributed by atoms with Crippen molar-refractivity contribution in [3.05, 3.63) is 69.7 Å². The number of nitrogens with one attached hydrogen (secondary N) is 2. The van der Waals surface area contributed by atoms with Gasteiger partial charge in [0.15, 0.2) is 5.96 Å². The van der Waals surface area contributed by atoms with Gasteiger partial charge in [-0.25, -0.2) is 8.78 Å². The first-order valence-electron chi connectivity index (χ1n) is 8.42. The molecule has 27 heavy (non-hydrogen) atoms. The van der Waals surface area contributed by atoms with Crippen LogP contribution in [0.2, 0.25) is 0 Å². The molecule has 1 fully saturated rings. The van der Waals surface area contributed by atoms with Crippen molar-refractivity contribution in [1.82, 2.24) is 10.2 Å². The fourth-order valence-electron chi connectivity index (χ4n) is 3.45. The molecule has 0 spiro atoms. The first-order valence-corrected chi connectivity index (χ1v) is 9.22. The van der Waals surface area contributed by atoms with Gasteiger partial charge in [0.05, 0.1) is 11.5 Å². The minimum absolute atomic E-state index is 0.00422. The number of nitrogens with zero attached hydrogens (tertiary/aromatic N) is 1. The van der Waals surface area contributed by atoms with Gasteiger partial charge in [-0.3, -0.25) is 15.1 Å². The predicted octanol–water partition coefficient (Wildman–Crippen LogP) is 4.56. The number of likely N-dealkylation sites (N-methyl/N-ethyl adjacent to an activating group) is 1. The van der Waals surface area contributed by atoms with Crippen molar-refractivity contribution >= 4 is 27.8 Å². The maximum Gasteiger partial charge on any atom is 0.270 e. The van der Waals surface area contributed by atoms with Crippen LogP contribution in [0.5, 0.6) is 0 Å². The Labute approximate surface area is 165 Å². The van der Waals surface area contributed by atoms with E-state index in [2.05, 4.69) is 21.2 Å². The zero-order valence-corrected chi connectivity index (χ0v) is 16.8. The SMILES string of the molecule is CN1C(=N)N[C@](C)(c2cccc(Br)c2)C(c2ccc(C(C)(F)F)cc2)C1=O. The summed E-state index contributed by atoms with van der Waals surface area (Å²) in [7, 11) is 1.53. The lowest BCUT2D eigenvalue weighted by Gasteiger charge is -2.46. The number of amides is 1. The molecule has 2 aromatic rings. The number of carbonyl (C=O) groups is 1. The lowest BCUT2D eigenvalue weighted by atomic mass is 9.73. The van der Waals surface area contributed by atoms with Crippen molar-refractivity contribution in [2.45, 2.75) is 31.2 Å². The fourth-order valence-corrected chi connectivity index (χ4v) is 3.85. The number of carbonyl (C=O) groups excluding carboxylic acids is 1. The van der Waals surface area contributed by atoms with Crippen LogP contribution in [-0.2, 0) is 16.3 Å². The van der Waals surface area contributed by atoms with Crippen LogP contribution >= 0.6 is 15.9 Å². The molecule has 1 unspecified atom stereocenters. The summed E-state index contributed by atoms with van der Waals surface area (Å²) in [5, 5.41) is 11.3. The third kappa shape index (κ3) is 3.48. The van der Waals surface area contributed by atoms with E-state index in [4.69, 9.17) is 5.41 Å². The number of rotatable bonds is 3. The highest BCUT2D eigenvalue weighted by Gasteiger charge is 2.48. The molecule has 3 rings (SSSR count). The van der Waals surface area contributed by atoms with Crippen LogP contribution < -0.4 is 5.32 Å². The van der Waals surface area contributed by atoms with Crippen LogP contribution in [0, 0.1) is 5.41 Å². The van der Waals surface area contributed by atoms with Gasteiger partial charge in [0, 0.05) is 24.0 Å². The van der Waals surface area contributed by atoms with E-state index in [1.165, 1.54) is 24.1 Å². The van der Waals surface area contributed by atoms with E-state index in [9.17, 15) is 13.6 Å². The Bertz CT molecular complexity index is 895. The highest BCUT2D eigenvalue weighted by atomic mass is 79.9. The Morgan fingerprint density at radius 3 is 2.41 bits per heavy atom. The van der Waals surface area contributed by atoms with Gasteiger partial charge in [0.1, 0.15) is 0 Å². The Balaban J connectivity index is 2.13. The number of hydrogen-bond donors (Lipinski definition) is 2. The van der Waals surface area contributed by atoms with E-state index in [1.807, 2.05) is 31.2 Å². The van der Waals surface area contributed by atoms with E-state index >= 15 is 0 Å². The maximum atomic E-state index is 13.6. The molecule has 1 aliphatic rings. The third-order valence-electron chi connectivity index (χ3n) is 5.04. The van der Waals surface area contributed by atoms with Crippen molar-refractivity contribution < 1.29 is 13.6 Å². The molecule has 2 atom stereocenters. The van der Waals surface area contributed by atoms with Gasteiger partial charge in [0.2, 0.25) is 5.91 Å². The first kappa shape index (κ1) is 19.5. The molecule has 0 radical (unpaired) electrons. The number of hydrogen-bond acceptors (Lipinski definition) is 2. The standard InChI is InChI=1S/C20H20BrF2N3O/c1-19(14-5-4-6-15(21)11-14)16(17(27)26(3)18(24)25-19)12-7-9-13(10-8-12)20(2,22)23/h4-11,16H,1-3H3,(H2,24,25)/t16?,19-/m1/s1. The molecule has 1 heterocycles. The van der Waals surface area contributed by atoms with Crippen LogP contribution in [0.25, 0.3) is 0 Å². The van der Waals surface area contributed by atoms with Crippen molar-refractivity contribution in [3.8, 4) is 0 Å². The first-order chi connectivity index (χ1) is 12.5. The van der Waals surface area contributed by atoms with Crippen LogP contribution in [0.3, 0.4) is 0 Å². The fraction of sp³-hybridized carbons (Fsp3) is 0.300. The molecule has 2 N–H and O–H groups in total. The van der Waals surface area contributed by atoms with Gasteiger partial charge in [0.25, 0.3) is 5.92 Å². The van der Waals surface area contributed by atoms with Gasteiger partial charge in [-0.05, 0) is 30.2 Å². The molecule has 0 aliphatic carbocycles. The molecule has 0 saturated carbocycles. The highest BCUT2D eigenvalue weighted by molar-refractivity contribution is 9.10. The molecule has 1 amide bonds. The average molecular weight is 436 g/mol. The summed E-state index contributed by atoms with van der Waals surface area (Å²) in [6.07, 6.45) is 0. The van der Waals surface area contributed by atoms with Crippen LogP contribution in [0.1, 0.15) is 36.5 Å². The monoisotopic (exact) mass is 435 g/mol. The summed E-state index contributed by atoms with van der Waals surface area (Å²) in [6.45, 7) is 2.69. The van der Waals surface area contributed by atoms with Crippen molar-refractivity contribution in [1.29, 1.82) is 5.41 Å². The van der Waals surface area contributed by atoms with E-state index in [0.717, 1.165) is 17.0 Å². The van der Waals surface area contributed by atoms with Gasteiger partial charge >= 0.3 is 0 Å². The van der Waals surface area contributed by atoms with Crippen LogP contribution in [0.4, 0.5) is 8.78 Å². The molecular formula is C20H20BrF2N3O. The Hall–Kier alpha value is -2.28. The predicted molar refractivity (Wildman–Crippen MR) is 104 cm³/mol. The van der Waals surface area contributed by atoms with E-state index < -0.39 is 17.4 Å². The average Bonchev–Trinajstić information content (AvgIpc) is 2.59. The van der Waals surface area contributed by atoms with E-state index in [-0.39, 0.29) is 17.4 Å². The van der Waals surface area contributed by atoms with Crippen LogP contribution in [-0.4, -0.2) is 23.8 Å². The number of guanidine groups is 1. The molecule has 1 aliphatic heterocycles. The molecule has 0 aromatic heterocycles. The van der Waals surface area contributed by atoms with Crippen molar-refractivity contribution in [3.63, 3.8) is 0 Å². The summed E-state index contributed by atoms with van der Waals surface area (Å²) < 4.78 is 28.0. The van der Waals surface area contributed by atoms with Gasteiger partial charge in [-0.2, -0.15) is 0 Å². The molecule has 1 saturated heterocycles. The zero-order chi connectivity index (χ0) is 20.0. The normalized spacial score (nSPS) is 23.3. The Morgan fingerprint density at radius 2 is 1.85 bits per heavy atom. The quantitative estimate of drug-likeness (QED) is 0.742. The van der Waals surface area contributed by atoms with Crippen LogP contribution in [0.15, 0.2) is 53.0 Å². The highest BCUT2D eigenvalue weighted by Crippen LogP contribution is 2.42. The minimum Gasteiger partial charge on any atom is -0.346 e. The zero-order valence-electron chi connectivity index (χ0n) is 15.2. The summed E-state index contributed by atoms with van der Waals surface area (Å²) >= 11 is 3.44. The van der Waals surface area contributed by atoms with Gasteiger partial charge in [-0.15, -0.1) is 0 Å². The van der Waals surface area contributed by atoms with Gasteiger partial charge < -0.3 is 5.32 Å². The second-order valence-electron chi connectivity index (χ2n) is 7.03. The summed E-state index contributed by atoms with van der Waals surface area (Å²) in [5.41, 5.74) is 0.425. The molecular weight excluding hydrogens is 416 g/mol. The van der Waals surface area contributed by atoms with Crippen molar-refractivity contribution in [2.24, 2.45) is 0 Å². The second-order valence-corrected chi connectivity index (χ2v) is 7.94. The number of halogens is 3. The topological polar surface area (TPSA) is 56.2 Å². The summed E-state index contributed by atoms with van der Waals surface area (Å²) in [6, 6.07) is 13.3. The minimum atomic E-state index is -2.94. The lowest BCUT2D eigenvalue weighted by molar-refractivity contribution is -0.131. The summed E-state index contributed by atoms with van der Waals surface area (Å²) in [5.74, 6) is -3.89.